The summed E-state index contributed by atoms with van der Waals surface area (Å²) in [6.07, 6.45) is 1.10. The van der Waals surface area contributed by atoms with Gasteiger partial charge in [0.25, 0.3) is 10.1 Å². The molecule has 0 radical (unpaired) electrons. The molecule has 1 heterocycles. The van der Waals surface area contributed by atoms with Gasteiger partial charge in [-0.15, -0.1) is 10.2 Å². The molecule has 0 unspecified atom stereocenters. The third-order valence-corrected chi connectivity index (χ3v) is 8.08. The number of aromatic hydroxyl groups is 1. The van der Waals surface area contributed by atoms with Crippen LogP contribution >= 0.6 is 11.6 Å². The van der Waals surface area contributed by atoms with Gasteiger partial charge in [0.1, 0.15) is 11.4 Å². The van der Waals surface area contributed by atoms with Crippen LogP contribution in [-0.4, -0.2) is 68.7 Å². The normalized spacial score (nSPS) is 12.8. The molecule has 0 aliphatic carbocycles. The van der Waals surface area contributed by atoms with Crippen LogP contribution in [0, 0.1) is 6.92 Å². The van der Waals surface area contributed by atoms with Gasteiger partial charge in [-0.1, -0.05) is 11.6 Å². The number of benzene rings is 2. The number of hydrogen-bond acceptors (Lipinski definition) is 12. The lowest BCUT2D eigenvalue weighted by Gasteiger charge is -2.11. The topological polar surface area (TPSA) is 224 Å². The Kier molecular flexibility index (Phi) is 8.46. The zero-order valence-electron chi connectivity index (χ0n) is 19.4. The van der Waals surface area contributed by atoms with Gasteiger partial charge in [-0.25, -0.2) is 12.6 Å². The largest absolute Gasteiger partial charge is 0.494 e. The van der Waals surface area contributed by atoms with Crippen LogP contribution in [0.25, 0.3) is 5.69 Å². The number of halogens is 1. The van der Waals surface area contributed by atoms with E-state index in [0.29, 0.717) is 0 Å². The zero-order chi connectivity index (χ0) is 28.5. The molecule has 0 aliphatic heterocycles. The summed E-state index contributed by atoms with van der Waals surface area (Å²) in [6.45, 7) is 0.639. The summed E-state index contributed by atoms with van der Waals surface area (Å²) in [4.78, 5) is -0.741. The maximum atomic E-state index is 12.5. The van der Waals surface area contributed by atoms with Crippen molar-refractivity contribution in [3.8, 4) is 17.3 Å². The predicted molar refractivity (Wildman–Crippen MR) is 132 cm³/mol. The first-order chi connectivity index (χ1) is 17.5. The Bertz CT molecular complexity index is 1710. The van der Waals surface area contributed by atoms with Gasteiger partial charge in [-0.2, -0.15) is 26.6 Å². The highest BCUT2D eigenvalue weighted by Gasteiger charge is 2.21. The van der Waals surface area contributed by atoms with Crippen LogP contribution in [0.15, 0.2) is 56.5 Å². The fourth-order valence-electron chi connectivity index (χ4n) is 3.11. The summed E-state index contributed by atoms with van der Waals surface area (Å²) < 4.78 is 97.2. The number of rotatable bonds is 10. The van der Waals surface area contributed by atoms with Crippen molar-refractivity contribution in [1.82, 2.24) is 9.78 Å². The highest BCUT2D eigenvalue weighted by Crippen LogP contribution is 2.37. The number of azo groups is 1. The lowest BCUT2D eigenvalue weighted by Crippen LogP contribution is -2.15. The van der Waals surface area contributed by atoms with Crippen LogP contribution in [0.3, 0.4) is 0 Å². The molecule has 1 aromatic heterocycles. The van der Waals surface area contributed by atoms with E-state index in [4.69, 9.17) is 20.9 Å². The minimum Gasteiger partial charge on any atom is -0.494 e. The van der Waals surface area contributed by atoms with E-state index >= 15 is 0 Å². The van der Waals surface area contributed by atoms with E-state index in [-0.39, 0.29) is 38.3 Å². The van der Waals surface area contributed by atoms with Gasteiger partial charge in [0, 0.05) is 0 Å². The number of aromatic nitrogens is 2. The highest BCUT2D eigenvalue weighted by molar-refractivity contribution is 7.91. The summed E-state index contributed by atoms with van der Waals surface area (Å²) in [6, 6.07) is 5.63. The molecule has 206 valence electrons. The van der Waals surface area contributed by atoms with Crippen molar-refractivity contribution in [2.75, 3.05) is 19.5 Å². The number of ether oxygens (including phenoxy) is 1. The smallest absolute Gasteiger partial charge is 0.397 e. The average Bonchev–Trinajstić information content (AvgIpc) is 3.15. The molecular weight excluding hydrogens is 592 g/mol. The maximum Gasteiger partial charge on any atom is 0.397 e. The van der Waals surface area contributed by atoms with Gasteiger partial charge in [0.15, 0.2) is 15.5 Å². The Hall–Kier alpha value is -3.13. The number of methoxy groups -OCH3 is 1. The van der Waals surface area contributed by atoms with E-state index in [1.165, 1.54) is 26.2 Å². The Morgan fingerprint density at radius 3 is 2.24 bits per heavy atom. The van der Waals surface area contributed by atoms with E-state index in [2.05, 4.69) is 19.5 Å². The molecule has 3 N–H and O–H groups in total. The molecule has 0 atom stereocenters. The molecule has 19 heteroatoms. The Morgan fingerprint density at radius 1 is 1.00 bits per heavy atom. The molecular formula is C19H19ClN4O11S3. The second-order valence-corrected chi connectivity index (χ2v) is 12.4. The molecule has 3 rings (SSSR count). The van der Waals surface area contributed by atoms with Crippen molar-refractivity contribution in [2.45, 2.75) is 16.7 Å². The summed E-state index contributed by atoms with van der Waals surface area (Å²) in [5, 5.41) is 22.2. The quantitative estimate of drug-likeness (QED) is 0.222. The van der Waals surface area contributed by atoms with Crippen molar-refractivity contribution in [3.05, 3.63) is 47.1 Å². The van der Waals surface area contributed by atoms with Gasteiger partial charge in [0.05, 0.1) is 46.2 Å². The highest BCUT2D eigenvalue weighted by atomic mass is 35.5. The first-order valence-corrected chi connectivity index (χ1v) is 14.9. The third kappa shape index (κ3) is 6.84. The fourth-order valence-corrected chi connectivity index (χ4v) is 5.61. The monoisotopic (exact) mass is 610 g/mol. The van der Waals surface area contributed by atoms with Crippen molar-refractivity contribution in [1.29, 1.82) is 0 Å². The molecule has 2 aromatic carbocycles. The summed E-state index contributed by atoms with van der Waals surface area (Å²) in [5.41, 5.74) is 0.0692. The molecule has 0 aliphatic rings. The number of hydrogen-bond donors (Lipinski definition) is 3. The molecule has 0 spiro atoms. The Labute approximate surface area is 221 Å². The van der Waals surface area contributed by atoms with E-state index in [0.717, 1.165) is 29.1 Å². The standard InChI is InChI=1S/C19H19ClN4O11S3/c1-11-7-13(37(28,29)30)8-14(20)18(11)24-19(25)16(10-21-24)23-22-15-9-12(3-4-17(15)34-2)36(26,27)6-5-35-38(31,32)33/h3-4,7-10,25H,5-6H2,1-2H3,(H,28,29,30)(H,31,32,33)/b23-22+. The van der Waals surface area contributed by atoms with Crippen molar-refractivity contribution < 1.29 is 48.4 Å². The number of sulfone groups is 1. The van der Waals surface area contributed by atoms with Gasteiger partial charge in [-0.05, 0) is 42.8 Å². The molecule has 0 bridgehead atoms. The van der Waals surface area contributed by atoms with Crippen molar-refractivity contribution >= 4 is 53.3 Å². The van der Waals surface area contributed by atoms with Gasteiger partial charge in [0.2, 0.25) is 5.88 Å². The van der Waals surface area contributed by atoms with Gasteiger partial charge < -0.3 is 9.84 Å². The summed E-state index contributed by atoms with van der Waals surface area (Å²) in [5.74, 6) is -1.23. The molecule has 3 aromatic rings. The summed E-state index contributed by atoms with van der Waals surface area (Å²) in [7, 11) is -12.1. The third-order valence-electron chi connectivity index (χ3n) is 4.82. The second kappa shape index (κ2) is 10.9. The van der Waals surface area contributed by atoms with Crippen molar-refractivity contribution in [2.24, 2.45) is 10.2 Å². The molecule has 15 nitrogen and oxygen atoms in total. The molecule has 0 saturated carbocycles. The second-order valence-electron chi connectivity index (χ2n) is 7.41. The van der Waals surface area contributed by atoms with Crippen molar-refractivity contribution in [3.63, 3.8) is 0 Å². The molecule has 0 fully saturated rings. The van der Waals surface area contributed by atoms with Gasteiger partial charge in [-0.3, -0.25) is 9.11 Å². The minimum absolute atomic E-state index is 0.0804. The van der Waals surface area contributed by atoms with E-state index in [1.807, 2.05) is 0 Å². The SMILES string of the molecule is COc1ccc(S(=O)(=O)CCOS(=O)(=O)O)cc1/N=N/c1cnn(-c2c(C)cc(S(=O)(=O)O)cc2Cl)c1O. The van der Waals surface area contributed by atoms with E-state index < -0.39 is 53.5 Å². The first kappa shape index (κ1) is 29.4. The van der Waals surface area contributed by atoms with Crippen LogP contribution in [0.1, 0.15) is 5.56 Å². The van der Waals surface area contributed by atoms with Crippen LogP contribution in [-0.2, 0) is 34.5 Å². The predicted octanol–water partition coefficient (Wildman–Crippen LogP) is 2.80. The fraction of sp³-hybridized carbons (Fsp3) is 0.211. The van der Waals surface area contributed by atoms with E-state index in [1.54, 1.807) is 0 Å². The van der Waals surface area contributed by atoms with E-state index in [9.17, 15) is 34.9 Å². The first-order valence-electron chi connectivity index (χ1n) is 10.0. The lowest BCUT2D eigenvalue weighted by molar-refractivity contribution is 0.284. The van der Waals surface area contributed by atoms with Gasteiger partial charge >= 0.3 is 10.4 Å². The van der Waals surface area contributed by atoms with Crippen LogP contribution in [0.2, 0.25) is 5.02 Å². The molecule has 38 heavy (non-hydrogen) atoms. The number of nitrogens with zero attached hydrogens (tertiary/aromatic N) is 4. The van der Waals surface area contributed by atoms with Crippen LogP contribution in [0.4, 0.5) is 11.4 Å². The lowest BCUT2D eigenvalue weighted by atomic mass is 10.2. The number of aryl methyl sites for hydroxylation is 1. The summed E-state index contributed by atoms with van der Waals surface area (Å²) >= 11 is 6.16. The molecule has 0 saturated heterocycles. The minimum atomic E-state index is -4.82. The van der Waals surface area contributed by atoms with Crippen LogP contribution in [0.5, 0.6) is 11.6 Å². The molecule has 0 amide bonds. The Morgan fingerprint density at radius 2 is 1.66 bits per heavy atom. The average molecular weight is 611 g/mol. The maximum absolute atomic E-state index is 12.5. The zero-order valence-corrected chi connectivity index (χ0v) is 22.6. The van der Waals surface area contributed by atoms with Crippen LogP contribution < -0.4 is 4.74 Å². The Balaban J connectivity index is 1.95.